The number of benzene rings is 1. The summed E-state index contributed by atoms with van der Waals surface area (Å²) >= 11 is 1.49. The number of rotatable bonds is 6. The van der Waals surface area contributed by atoms with E-state index < -0.39 is 0 Å². The number of nitrogens with one attached hydrogen (secondary N) is 3. The van der Waals surface area contributed by atoms with Crippen LogP contribution in [0.25, 0.3) is 0 Å². The first-order chi connectivity index (χ1) is 17.4. The number of amides is 4. The fourth-order valence-electron chi connectivity index (χ4n) is 5.73. The second kappa shape index (κ2) is 10.2. The summed E-state index contributed by atoms with van der Waals surface area (Å²) in [6.07, 6.45) is 3.74. The van der Waals surface area contributed by atoms with Gasteiger partial charge in [-0.1, -0.05) is 18.3 Å². The van der Waals surface area contributed by atoms with E-state index in [4.69, 9.17) is 4.74 Å². The van der Waals surface area contributed by atoms with Gasteiger partial charge in [-0.25, -0.2) is 4.79 Å². The van der Waals surface area contributed by atoms with E-state index in [-0.39, 0.29) is 41.2 Å². The van der Waals surface area contributed by atoms with E-state index in [1.165, 1.54) is 17.8 Å². The van der Waals surface area contributed by atoms with Crippen LogP contribution in [-0.4, -0.2) is 66.4 Å². The van der Waals surface area contributed by atoms with Crippen LogP contribution >= 0.6 is 11.8 Å². The molecule has 4 amide bonds. The Labute approximate surface area is 215 Å². The van der Waals surface area contributed by atoms with Gasteiger partial charge in [0.05, 0.1) is 22.9 Å². The van der Waals surface area contributed by atoms with Gasteiger partial charge in [-0.2, -0.15) is 0 Å². The lowest BCUT2D eigenvalue weighted by molar-refractivity contribution is -0.128. The molecular formula is C26H33N5O4S. The number of piperidine rings is 2. The minimum absolute atomic E-state index is 0.0100. The number of likely N-dealkylation sites (tertiary alicyclic amines) is 1. The van der Waals surface area contributed by atoms with Crippen LogP contribution < -0.4 is 25.6 Å². The lowest BCUT2D eigenvalue weighted by Crippen LogP contribution is -2.62. The molecule has 1 aromatic carbocycles. The van der Waals surface area contributed by atoms with Crippen LogP contribution in [0.15, 0.2) is 41.5 Å². The highest BCUT2D eigenvalue weighted by Gasteiger charge is 2.52. The van der Waals surface area contributed by atoms with Gasteiger partial charge in [-0.3, -0.25) is 14.5 Å². The zero-order chi connectivity index (χ0) is 25.4. The van der Waals surface area contributed by atoms with E-state index >= 15 is 0 Å². The number of urea groups is 1. The van der Waals surface area contributed by atoms with Crippen molar-refractivity contribution in [1.82, 2.24) is 20.9 Å². The highest BCUT2D eigenvalue weighted by molar-refractivity contribution is 8.04. The van der Waals surface area contributed by atoms with Crippen LogP contribution in [0, 0.1) is 12.8 Å². The zero-order valence-corrected chi connectivity index (χ0v) is 21.5. The summed E-state index contributed by atoms with van der Waals surface area (Å²) in [6, 6.07) is 5.41. The first-order valence-electron chi connectivity index (χ1n) is 12.6. The van der Waals surface area contributed by atoms with Crippen LogP contribution in [0.4, 0.5) is 10.5 Å². The number of carbonyl (C=O) groups is 3. The fourth-order valence-corrected chi connectivity index (χ4v) is 7.13. The Morgan fingerprint density at radius 3 is 2.92 bits per heavy atom. The SMILES string of the molecule is C=CC(=O)N1CCC[C@@H](NC(=O)C2=C3NC(=O)N(c4ccc(OCC)cc4C)C4CCNC(S2)C34)C1. The molecule has 0 aromatic heterocycles. The predicted octanol–water partition coefficient (Wildman–Crippen LogP) is 2.48. The number of carbonyl (C=O) groups excluding carboxylic acids is 3. The van der Waals surface area contributed by atoms with E-state index in [0.717, 1.165) is 42.8 Å². The van der Waals surface area contributed by atoms with E-state index in [2.05, 4.69) is 22.5 Å². The number of nitrogens with zero attached hydrogens (tertiary/aromatic N) is 2. The lowest BCUT2D eigenvalue weighted by atomic mass is 9.86. The molecule has 3 saturated heterocycles. The third-order valence-electron chi connectivity index (χ3n) is 7.33. The van der Waals surface area contributed by atoms with Gasteiger partial charge >= 0.3 is 6.03 Å². The van der Waals surface area contributed by atoms with Crippen LogP contribution in [0.1, 0.15) is 31.7 Å². The highest BCUT2D eigenvalue weighted by Crippen LogP contribution is 2.48. The molecular weight excluding hydrogens is 478 g/mol. The lowest BCUT2D eigenvalue weighted by Gasteiger charge is -2.46. The van der Waals surface area contributed by atoms with Crippen LogP contribution in [-0.2, 0) is 9.59 Å². The van der Waals surface area contributed by atoms with Crippen molar-refractivity contribution >= 4 is 35.3 Å². The Hall–Kier alpha value is -2.98. The Morgan fingerprint density at radius 2 is 2.17 bits per heavy atom. The normalized spacial score (nSPS) is 27.3. The Morgan fingerprint density at radius 1 is 1.33 bits per heavy atom. The van der Waals surface area contributed by atoms with Gasteiger partial charge in [-0.05, 0) is 69.5 Å². The second-order valence-corrected chi connectivity index (χ2v) is 10.8. The van der Waals surface area contributed by atoms with Crippen molar-refractivity contribution in [3.63, 3.8) is 0 Å². The summed E-state index contributed by atoms with van der Waals surface area (Å²) in [7, 11) is 0. The molecule has 0 saturated carbocycles. The van der Waals surface area contributed by atoms with Gasteiger partial charge in [0.1, 0.15) is 5.75 Å². The van der Waals surface area contributed by atoms with Crippen molar-refractivity contribution in [2.24, 2.45) is 5.92 Å². The summed E-state index contributed by atoms with van der Waals surface area (Å²) in [4.78, 5) is 43.0. The fraction of sp³-hybridized carbons (Fsp3) is 0.500. The largest absolute Gasteiger partial charge is 0.494 e. The number of anilines is 1. The van der Waals surface area contributed by atoms with Gasteiger partial charge in [0, 0.05) is 36.4 Å². The average Bonchev–Trinajstić information content (AvgIpc) is 3.24. The molecule has 3 fully saturated rings. The van der Waals surface area contributed by atoms with E-state index in [1.807, 2.05) is 36.9 Å². The standard InChI is InChI=1S/C26H33N5O4S/c1-4-20(32)30-12-6-7-16(14-30)28-24(33)23-22-21-19(10-11-27-25(21)36-23)31(26(34)29-22)18-9-8-17(35-5-2)13-15(18)3/h4,8-9,13,16,19,21,25,27H,1,5-7,10-12,14H2,2-3H3,(H,28,33)(H,29,34)/t16-,19?,21?,25?/m1/s1. The number of aryl methyl sites for hydroxylation is 1. The summed E-state index contributed by atoms with van der Waals surface area (Å²) in [5, 5.41) is 9.72. The highest BCUT2D eigenvalue weighted by atomic mass is 32.2. The Kier molecular flexibility index (Phi) is 6.98. The van der Waals surface area contributed by atoms with Gasteiger partial charge in [0.25, 0.3) is 5.91 Å². The van der Waals surface area contributed by atoms with Crippen molar-refractivity contribution in [3.8, 4) is 5.75 Å². The summed E-state index contributed by atoms with van der Waals surface area (Å²) in [5.41, 5.74) is 2.54. The number of hydrogen-bond donors (Lipinski definition) is 3. The maximum Gasteiger partial charge on any atom is 0.326 e. The first kappa shape index (κ1) is 24.7. The molecule has 9 nitrogen and oxygen atoms in total. The Balaban J connectivity index is 1.37. The van der Waals surface area contributed by atoms with Crippen molar-refractivity contribution in [2.75, 3.05) is 31.1 Å². The molecule has 0 aliphatic carbocycles. The Bertz CT molecular complexity index is 1120. The quantitative estimate of drug-likeness (QED) is 0.507. The molecule has 4 heterocycles. The van der Waals surface area contributed by atoms with Gasteiger partial charge in [0.15, 0.2) is 0 Å². The van der Waals surface area contributed by atoms with Crippen LogP contribution in [0.2, 0.25) is 0 Å². The monoisotopic (exact) mass is 511 g/mol. The summed E-state index contributed by atoms with van der Waals surface area (Å²) in [6.45, 7) is 9.99. The van der Waals surface area contributed by atoms with E-state index in [0.29, 0.717) is 30.3 Å². The molecule has 4 atom stereocenters. The molecule has 10 heteroatoms. The van der Waals surface area contributed by atoms with Gasteiger partial charge in [0.2, 0.25) is 5.91 Å². The van der Waals surface area contributed by atoms with E-state index in [1.54, 1.807) is 4.90 Å². The van der Waals surface area contributed by atoms with Crippen molar-refractivity contribution in [3.05, 3.63) is 47.0 Å². The average molecular weight is 512 g/mol. The van der Waals surface area contributed by atoms with Gasteiger partial charge in [-0.15, -0.1) is 0 Å². The molecule has 0 bridgehead atoms. The predicted molar refractivity (Wildman–Crippen MR) is 140 cm³/mol. The minimum Gasteiger partial charge on any atom is -0.494 e. The molecule has 0 spiro atoms. The van der Waals surface area contributed by atoms with Crippen LogP contribution in [0.3, 0.4) is 0 Å². The third-order valence-corrected chi connectivity index (χ3v) is 8.68. The molecule has 3 unspecified atom stereocenters. The zero-order valence-electron chi connectivity index (χ0n) is 20.7. The molecule has 4 aliphatic heterocycles. The molecule has 0 radical (unpaired) electrons. The van der Waals surface area contributed by atoms with Crippen molar-refractivity contribution in [1.29, 1.82) is 0 Å². The molecule has 36 heavy (non-hydrogen) atoms. The molecule has 192 valence electrons. The number of thioether (sulfide) groups is 1. The molecule has 1 aromatic rings. The van der Waals surface area contributed by atoms with Gasteiger partial charge < -0.3 is 25.6 Å². The van der Waals surface area contributed by atoms with Crippen molar-refractivity contribution in [2.45, 2.75) is 50.6 Å². The van der Waals surface area contributed by atoms with E-state index in [9.17, 15) is 14.4 Å². The maximum absolute atomic E-state index is 13.4. The number of ether oxygens (including phenoxy) is 1. The third kappa shape index (κ3) is 4.48. The second-order valence-electron chi connectivity index (χ2n) is 9.60. The topological polar surface area (TPSA) is 103 Å². The molecule has 3 N–H and O–H groups in total. The smallest absolute Gasteiger partial charge is 0.326 e. The number of hydrogen-bond acceptors (Lipinski definition) is 6. The van der Waals surface area contributed by atoms with Crippen molar-refractivity contribution < 1.29 is 19.1 Å². The maximum atomic E-state index is 13.4. The minimum atomic E-state index is -0.215. The van der Waals surface area contributed by atoms with Crippen LogP contribution in [0.5, 0.6) is 5.75 Å². The molecule has 5 rings (SSSR count). The molecule has 4 aliphatic rings. The first-order valence-corrected chi connectivity index (χ1v) is 13.5. The summed E-state index contributed by atoms with van der Waals surface area (Å²) in [5.74, 6) is 0.465. The summed E-state index contributed by atoms with van der Waals surface area (Å²) < 4.78 is 5.62.